The highest BCUT2D eigenvalue weighted by atomic mass is 16.5. The third-order valence-corrected chi connectivity index (χ3v) is 5.58. The molecule has 0 saturated carbocycles. The minimum absolute atomic E-state index is 0.0670. The Balaban J connectivity index is 1.73. The van der Waals surface area contributed by atoms with Crippen LogP contribution in [0.4, 0.5) is 0 Å². The van der Waals surface area contributed by atoms with Gasteiger partial charge >= 0.3 is 0 Å². The zero-order valence-corrected chi connectivity index (χ0v) is 18.3. The smallest absolute Gasteiger partial charge is 0.257 e. The lowest BCUT2D eigenvalue weighted by Gasteiger charge is -2.32. The maximum atomic E-state index is 13.2. The summed E-state index contributed by atoms with van der Waals surface area (Å²) < 4.78 is 11.5. The summed E-state index contributed by atoms with van der Waals surface area (Å²) in [7, 11) is 3.20. The first kappa shape index (κ1) is 22.6. The Morgan fingerprint density at radius 3 is 2.45 bits per heavy atom. The molecule has 7 heteroatoms. The number of piperidine rings is 1. The predicted molar refractivity (Wildman–Crippen MR) is 117 cm³/mol. The molecule has 1 fully saturated rings. The number of hydrogen-bond acceptors (Lipinski definition) is 5. The van der Waals surface area contributed by atoms with Crippen LogP contribution in [0.25, 0.3) is 0 Å². The highest BCUT2D eigenvalue weighted by molar-refractivity contribution is 5.97. The summed E-state index contributed by atoms with van der Waals surface area (Å²) in [5.74, 6) is 0.842. The van der Waals surface area contributed by atoms with Gasteiger partial charge < -0.3 is 24.4 Å². The number of methoxy groups -OCH3 is 1. The molecule has 166 valence electrons. The van der Waals surface area contributed by atoms with Crippen molar-refractivity contribution in [3.8, 4) is 11.5 Å². The Hall–Kier alpha value is -3.06. The van der Waals surface area contributed by atoms with Gasteiger partial charge in [-0.3, -0.25) is 9.59 Å². The van der Waals surface area contributed by atoms with E-state index in [2.05, 4.69) is 0 Å². The standard InChI is InChI=1S/C24H30N2O5/c1-17(27)26-13-11-19(12-14-26)31-23-10-9-20(30-3)15-21(23)24(29)25(2)16-22(28)18-7-5-4-6-8-18/h4-10,15,19,22,28H,11-14,16H2,1-3H3/t22-/m1/s1. The zero-order chi connectivity index (χ0) is 22.4. The van der Waals surface area contributed by atoms with Crippen molar-refractivity contribution in [2.45, 2.75) is 32.0 Å². The highest BCUT2D eigenvalue weighted by Gasteiger charge is 2.25. The van der Waals surface area contributed by atoms with Gasteiger partial charge in [-0.25, -0.2) is 0 Å². The van der Waals surface area contributed by atoms with Crippen LogP contribution in [0.3, 0.4) is 0 Å². The Kier molecular flexibility index (Phi) is 7.52. The summed E-state index contributed by atoms with van der Waals surface area (Å²) >= 11 is 0. The van der Waals surface area contributed by atoms with Crippen molar-refractivity contribution >= 4 is 11.8 Å². The summed E-state index contributed by atoms with van der Waals surface area (Å²) in [5.41, 5.74) is 1.14. The number of likely N-dealkylation sites (N-methyl/N-ethyl adjacent to an activating group) is 1. The molecule has 2 aromatic rings. The number of aliphatic hydroxyl groups excluding tert-OH is 1. The number of hydrogen-bond donors (Lipinski definition) is 1. The Morgan fingerprint density at radius 1 is 1.16 bits per heavy atom. The highest BCUT2D eigenvalue weighted by Crippen LogP contribution is 2.29. The Bertz CT molecular complexity index is 894. The van der Waals surface area contributed by atoms with E-state index in [0.717, 1.165) is 5.56 Å². The van der Waals surface area contributed by atoms with Crippen LogP contribution in [-0.4, -0.2) is 66.6 Å². The molecular formula is C24H30N2O5. The topological polar surface area (TPSA) is 79.3 Å². The zero-order valence-electron chi connectivity index (χ0n) is 18.3. The van der Waals surface area contributed by atoms with E-state index >= 15 is 0 Å². The van der Waals surface area contributed by atoms with Crippen LogP contribution in [0.1, 0.15) is 41.8 Å². The second-order valence-electron chi connectivity index (χ2n) is 7.80. The number of carbonyl (C=O) groups is 2. The van der Waals surface area contributed by atoms with Gasteiger partial charge in [0.1, 0.15) is 17.6 Å². The Labute approximate surface area is 183 Å². The Morgan fingerprint density at radius 2 is 1.84 bits per heavy atom. The van der Waals surface area contributed by atoms with E-state index in [9.17, 15) is 14.7 Å². The molecule has 2 amide bonds. The third-order valence-electron chi connectivity index (χ3n) is 5.58. The molecule has 0 aliphatic carbocycles. The van der Waals surface area contributed by atoms with E-state index in [1.54, 1.807) is 44.2 Å². The monoisotopic (exact) mass is 426 g/mol. The van der Waals surface area contributed by atoms with Gasteiger partial charge in [0.25, 0.3) is 5.91 Å². The first-order chi connectivity index (χ1) is 14.9. The predicted octanol–water partition coefficient (Wildman–Crippen LogP) is 2.89. The maximum Gasteiger partial charge on any atom is 0.257 e. The molecular weight excluding hydrogens is 396 g/mol. The van der Waals surface area contributed by atoms with Crippen molar-refractivity contribution < 1.29 is 24.2 Å². The number of ether oxygens (including phenoxy) is 2. The molecule has 7 nitrogen and oxygen atoms in total. The SMILES string of the molecule is COc1ccc(OC2CCN(C(C)=O)CC2)c(C(=O)N(C)C[C@@H](O)c2ccccc2)c1. The first-order valence-electron chi connectivity index (χ1n) is 10.5. The summed E-state index contributed by atoms with van der Waals surface area (Å²) in [5, 5.41) is 10.5. The number of amides is 2. The van der Waals surface area contributed by atoms with E-state index in [0.29, 0.717) is 43.0 Å². The molecule has 1 N–H and O–H groups in total. The van der Waals surface area contributed by atoms with Crippen LogP contribution in [0, 0.1) is 0 Å². The fourth-order valence-electron chi connectivity index (χ4n) is 3.70. The van der Waals surface area contributed by atoms with Crippen LogP contribution < -0.4 is 9.47 Å². The van der Waals surface area contributed by atoms with Crippen molar-refractivity contribution in [2.24, 2.45) is 0 Å². The molecule has 3 rings (SSSR count). The summed E-state index contributed by atoms with van der Waals surface area (Å²) in [6, 6.07) is 14.4. The second kappa shape index (κ2) is 10.3. The van der Waals surface area contributed by atoms with Gasteiger partial charge in [-0.1, -0.05) is 30.3 Å². The molecule has 0 spiro atoms. The van der Waals surface area contributed by atoms with E-state index in [1.165, 1.54) is 4.90 Å². The molecule has 0 bridgehead atoms. The van der Waals surface area contributed by atoms with Crippen molar-refractivity contribution in [2.75, 3.05) is 33.8 Å². The number of aliphatic hydroxyl groups is 1. The molecule has 1 heterocycles. The second-order valence-corrected chi connectivity index (χ2v) is 7.80. The number of nitrogens with zero attached hydrogens (tertiary/aromatic N) is 2. The fraction of sp³-hybridized carbons (Fsp3) is 0.417. The van der Waals surface area contributed by atoms with Crippen LogP contribution in [-0.2, 0) is 4.79 Å². The van der Waals surface area contributed by atoms with Gasteiger partial charge in [0.05, 0.1) is 25.3 Å². The van der Waals surface area contributed by atoms with Gasteiger partial charge in [-0.05, 0) is 23.8 Å². The molecule has 0 unspecified atom stereocenters. The molecule has 31 heavy (non-hydrogen) atoms. The number of benzene rings is 2. The first-order valence-corrected chi connectivity index (χ1v) is 10.5. The molecule has 1 saturated heterocycles. The average Bonchev–Trinajstić information content (AvgIpc) is 2.79. The normalized spacial score (nSPS) is 15.3. The molecule has 0 aromatic heterocycles. The lowest BCUT2D eigenvalue weighted by atomic mass is 10.1. The van der Waals surface area contributed by atoms with Crippen LogP contribution in [0.2, 0.25) is 0 Å². The van der Waals surface area contributed by atoms with Crippen LogP contribution >= 0.6 is 0 Å². The lowest BCUT2D eigenvalue weighted by Crippen LogP contribution is -2.41. The van der Waals surface area contributed by atoms with E-state index in [-0.39, 0.29) is 24.5 Å². The molecule has 1 atom stereocenters. The summed E-state index contributed by atoms with van der Waals surface area (Å²) in [4.78, 5) is 28.0. The van der Waals surface area contributed by atoms with Crippen molar-refractivity contribution in [3.05, 3.63) is 59.7 Å². The lowest BCUT2D eigenvalue weighted by molar-refractivity contribution is -0.130. The average molecular weight is 427 g/mol. The number of likely N-dealkylation sites (tertiary alicyclic amines) is 1. The quantitative estimate of drug-likeness (QED) is 0.737. The number of rotatable bonds is 7. The molecule has 1 aliphatic rings. The maximum absolute atomic E-state index is 13.2. The minimum atomic E-state index is -0.791. The largest absolute Gasteiger partial charge is 0.497 e. The van der Waals surface area contributed by atoms with E-state index in [1.807, 2.05) is 30.3 Å². The minimum Gasteiger partial charge on any atom is -0.497 e. The number of carbonyl (C=O) groups excluding carboxylic acids is 2. The van der Waals surface area contributed by atoms with Gasteiger partial charge in [-0.2, -0.15) is 0 Å². The van der Waals surface area contributed by atoms with Crippen molar-refractivity contribution in [1.29, 1.82) is 0 Å². The molecule has 2 aromatic carbocycles. The van der Waals surface area contributed by atoms with E-state index in [4.69, 9.17) is 9.47 Å². The van der Waals surface area contributed by atoms with Crippen molar-refractivity contribution in [1.82, 2.24) is 9.80 Å². The van der Waals surface area contributed by atoms with Gasteiger partial charge in [-0.15, -0.1) is 0 Å². The fourth-order valence-corrected chi connectivity index (χ4v) is 3.70. The summed E-state index contributed by atoms with van der Waals surface area (Å²) in [6.45, 7) is 3.00. The molecule has 0 radical (unpaired) electrons. The van der Waals surface area contributed by atoms with Gasteiger partial charge in [0.15, 0.2) is 0 Å². The molecule has 1 aliphatic heterocycles. The van der Waals surface area contributed by atoms with Crippen LogP contribution in [0.15, 0.2) is 48.5 Å². The van der Waals surface area contributed by atoms with Crippen LogP contribution in [0.5, 0.6) is 11.5 Å². The van der Waals surface area contributed by atoms with Crippen molar-refractivity contribution in [3.63, 3.8) is 0 Å². The van der Waals surface area contributed by atoms with E-state index < -0.39 is 6.10 Å². The van der Waals surface area contributed by atoms with Gasteiger partial charge in [0, 0.05) is 39.9 Å². The van der Waals surface area contributed by atoms with Gasteiger partial charge in [0.2, 0.25) is 5.91 Å². The third kappa shape index (κ3) is 5.76. The summed E-state index contributed by atoms with van der Waals surface area (Å²) in [6.07, 6.45) is 0.556.